The Kier molecular flexibility index (Phi) is 5.47. The second-order valence-corrected chi connectivity index (χ2v) is 6.18. The number of hydrogen-bond acceptors (Lipinski definition) is 4. The van der Waals surface area contributed by atoms with Gasteiger partial charge in [-0.25, -0.2) is 9.37 Å². The fraction of sp³-hybridized carbons (Fsp3) is 0.0500. The molecule has 3 rings (SSSR count). The van der Waals surface area contributed by atoms with Crippen LogP contribution in [0.3, 0.4) is 0 Å². The van der Waals surface area contributed by atoms with Crippen LogP contribution in [0.25, 0.3) is 0 Å². The van der Waals surface area contributed by atoms with Gasteiger partial charge in [-0.3, -0.25) is 9.59 Å². The van der Waals surface area contributed by atoms with Gasteiger partial charge < -0.3 is 10.6 Å². The van der Waals surface area contributed by atoms with Gasteiger partial charge in [0.05, 0.1) is 5.02 Å². The van der Waals surface area contributed by atoms with Crippen molar-refractivity contribution in [1.29, 1.82) is 0 Å². The van der Waals surface area contributed by atoms with Crippen molar-refractivity contribution in [1.82, 2.24) is 4.98 Å². The van der Waals surface area contributed by atoms with E-state index in [9.17, 15) is 14.0 Å². The summed E-state index contributed by atoms with van der Waals surface area (Å²) in [7, 11) is 0. The van der Waals surface area contributed by atoms with Gasteiger partial charge >= 0.3 is 0 Å². The Labute approximate surface area is 160 Å². The number of Topliss-reactive ketones (excluding diaryl/α,β-unsaturated/α-hetero) is 1. The summed E-state index contributed by atoms with van der Waals surface area (Å²) in [4.78, 5) is 27.9. The van der Waals surface area contributed by atoms with E-state index in [1.165, 1.54) is 31.3 Å². The third-order valence-corrected chi connectivity index (χ3v) is 4.05. The molecule has 0 bridgehead atoms. The van der Waals surface area contributed by atoms with Crippen LogP contribution < -0.4 is 10.6 Å². The highest BCUT2D eigenvalue weighted by Gasteiger charge is 2.09. The van der Waals surface area contributed by atoms with E-state index >= 15 is 0 Å². The summed E-state index contributed by atoms with van der Waals surface area (Å²) in [5, 5.41) is 5.66. The molecule has 1 amide bonds. The Morgan fingerprint density at radius 2 is 1.67 bits per heavy atom. The third kappa shape index (κ3) is 4.68. The number of benzene rings is 2. The van der Waals surface area contributed by atoms with E-state index in [0.29, 0.717) is 22.6 Å². The van der Waals surface area contributed by atoms with Crippen LogP contribution in [0.15, 0.2) is 60.8 Å². The first-order valence-electron chi connectivity index (χ1n) is 8.03. The molecule has 7 heteroatoms. The van der Waals surface area contributed by atoms with Crippen molar-refractivity contribution in [3.05, 3.63) is 82.8 Å². The molecule has 0 saturated carbocycles. The molecule has 0 fully saturated rings. The number of nitrogens with one attached hydrogen (secondary N) is 2. The van der Waals surface area contributed by atoms with Crippen molar-refractivity contribution in [3.8, 4) is 0 Å². The van der Waals surface area contributed by atoms with Gasteiger partial charge in [-0.2, -0.15) is 0 Å². The van der Waals surface area contributed by atoms with Crippen LogP contribution in [0.2, 0.25) is 5.02 Å². The quantitative estimate of drug-likeness (QED) is 0.603. The molecule has 0 aliphatic carbocycles. The van der Waals surface area contributed by atoms with Gasteiger partial charge in [0.25, 0.3) is 5.91 Å². The lowest BCUT2D eigenvalue weighted by atomic mass is 10.1. The zero-order chi connectivity index (χ0) is 19.4. The lowest BCUT2D eigenvalue weighted by Crippen LogP contribution is -2.12. The van der Waals surface area contributed by atoms with Gasteiger partial charge in [0.2, 0.25) is 0 Å². The summed E-state index contributed by atoms with van der Waals surface area (Å²) in [5.74, 6) is -0.481. The number of hydrogen-bond donors (Lipinski definition) is 2. The molecule has 0 aliphatic heterocycles. The Hall–Kier alpha value is -3.25. The van der Waals surface area contributed by atoms with Crippen molar-refractivity contribution in [3.63, 3.8) is 0 Å². The van der Waals surface area contributed by atoms with Crippen LogP contribution in [0.1, 0.15) is 27.6 Å². The fourth-order valence-electron chi connectivity index (χ4n) is 2.35. The Morgan fingerprint density at radius 3 is 2.33 bits per heavy atom. The van der Waals surface area contributed by atoms with Crippen molar-refractivity contribution >= 4 is 40.5 Å². The molecule has 0 saturated heterocycles. The van der Waals surface area contributed by atoms with Gasteiger partial charge in [0.1, 0.15) is 11.6 Å². The second kappa shape index (κ2) is 7.97. The number of anilines is 3. The van der Waals surface area contributed by atoms with Crippen LogP contribution in [-0.4, -0.2) is 16.7 Å². The van der Waals surface area contributed by atoms with Crippen LogP contribution in [0.5, 0.6) is 0 Å². The molecule has 27 heavy (non-hydrogen) atoms. The van der Waals surface area contributed by atoms with Gasteiger partial charge in [-0.05, 0) is 61.5 Å². The number of amides is 1. The van der Waals surface area contributed by atoms with E-state index in [-0.39, 0.29) is 16.7 Å². The highest BCUT2D eigenvalue weighted by molar-refractivity contribution is 6.31. The van der Waals surface area contributed by atoms with Crippen LogP contribution in [-0.2, 0) is 0 Å². The van der Waals surface area contributed by atoms with Crippen molar-refractivity contribution in [2.75, 3.05) is 10.6 Å². The largest absolute Gasteiger partial charge is 0.340 e. The molecular weight excluding hydrogens is 369 g/mol. The van der Waals surface area contributed by atoms with Crippen molar-refractivity contribution < 1.29 is 14.0 Å². The van der Waals surface area contributed by atoms with Crippen molar-refractivity contribution in [2.45, 2.75) is 6.92 Å². The summed E-state index contributed by atoms with van der Waals surface area (Å²) in [6.45, 7) is 1.50. The topological polar surface area (TPSA) is 71.1 Å². The van der Waals surface area contributed by atoms with E-state index in [1.807, 2.05) is 0 Å². The molecule has 0 radical (unpaired) electrons. The number of pyridine rings is 1. The standard InChI is InChI=1S/C20H15ClFN3O2/c1-12(26)13-2-4-15(5-3-13)24-19-10-14(8-9-23-19)20(27)25-16-6-7-18(22)17(21)11-16/h2-11H,1H3,(H,23,24)(H,25,27). The maximum absolute atomic E-state index is 13.2. The van der Waals surface area contributed by atoms with E-state index in [2.05, 4.69) is 15.6 Å². The Bertz CT molecular complexity index is 1010. The fourth-order valence-corrected chi connectivity index (χ4v) is 2.53. The lowest BCUT2D eigenvalue weighted by molar-refractivity contribution is 0.101. The van der Waals surface area contributed by atoms with Crippen molar-refractivity contribution in [2.24, 2.45) is 0 Å². The minimum Gasteiger partial charge on any atom is -0.340 e. The van der Waals surface area contributed by atoms with Crippen LogP contribution in [0, 0.1) is 5.82 Å². The predicted octanol–water partition coefficient (Wildman–Crippen LogP) is 5.07. The first-order valence-corrected chi connectivity index (χ1v) is 8.40. The molecular formula is C20H15ClFN3O2. The first-order chi connectivity index (χ1) is 12.9. The average molecular weight is 384 g/mol. The first kappa shape index (κ1) is 18.5. The monoisotopic (exact) mass is 383 g/mol. The highest BCUT2D eigenvalue weighted by atomic mass is 35.5. The smallest absolute Gasteiger partial charge is 0.255 e. The summed E-state index contributed by atoms with van der Waals surface area (Å²) < 4.78 is 13.2. The predicted molar refractivity (Wildman–Crippen MR) is 103 cm³/mol. The molecule has 2 N–H and O–H groups in total. The minimum atomic E-state index is -0.555. The van der Waals surface area contributed by atoms with Gasteiger partial charge in [0.15, 0.2) is 5.78 Å². The van der Waals surface area contributed by atoms with E-state index < -0.39 is 5.82 Å². The van der Waals surface area contributed by atoms with E-state index in [4.69, 9.17) is 11.6 Å². The number of carbonyl (C=O) groups is 2. The molecule has 2 aromatic carbocycles. The average Bonchev–Trinajstić information content (AvgIpc) is 2.65. The molecule has 0 spiro atoms. The van der Waals surface area contributed by atoms with Crippen LogP contribution >= 0.6 is 11.6 Å². The molecule has 5 nitrogen and oxygen atoms in total. The maximum atomic E-state index is 13.2. The van der Waals surface area contributed by atoms with E-state index in [1.54, 1.807) is 36.4 Å². The zero-order valence-corrected chi connectivity index (χ0v) is 15.0. The number of aromatic nitrogens is 1. The molecule has 0 aliphatic rings. The lowest BCUT2D eigenvalue weighted by Gasteiger charge is -2.09. The summed E-state index contributed by atoms with van der Waals surface area (Å²) in [6.07, 6.45) is 1.50. The molecule has 1 heterocycles. The molecule has 0 atom stereocenters. The summed E-state index contributed by atoms with van der Waals surface area (Å²) in [6, 6.07) is 14.0. The van der Waals surface area contributed by atoms with Crippen LogP contribution in [0.4, 0.5) is 21.6 Å². The number of ketones is 1. The number of rotatable bonds is 5. The van der Waals surface area contributed by atoms with E-state index in [0.717, 1.165) is 5.69 Å². The molecule has 1 aromatic heterocycles. The zero-order valence-electron chi connectivity index (χ0n) is 14.3. The molecule has 0 unspecified atom stereocenters. The summed E-state index contributed by atoms with van der Waals surface area (Å²) in [5.41, 5.74) is 2.10. The number of carbonyl (C=O) groups excluding carboxylic acids is 2. The number of nitrogens with zero attached hydrogens (tertiary/aromatic N) is 1. The molecule has 3 aromatic rings. The minimum absolute atomic E-state index is 0.0146. The number of halogens is 2. The highest BCUT2D eigenvalue weighted by Crippen LogP contribution is 2.21. The Balaban J connectivity index is 1.73. The van der Waals surface area contributed by atoms with Gasteiger partial charge in [-0.15, -0.1) is 0 Å². The molecule has 136 valence electrons. The Morgan fingerprint density at radius 1 is 0.963 bits per heavy atom. The summed E-state index contributed by atoms with van der Waals surface area (Å²) >= 11 is 5.72. The van der Waals surface area contributed by atoms with Gasteiger partial charge in [-0.1, -0.05) is 11.6 Å². The second-order valence-electron chi connectivity index (χ2n) is 5.77. The van der Waals surface area contributed by atoms with Gasteiger partial charge in [0, 0.05) is 28.7 Å². The normalized spacial score (nSPS) is 10.3. The SMILES string of the molecule is CC(=O)c1ccc(Nc2cc(C(=O)Nc3ccc(F)c(Cl)c3)ccn2)cc1. The third-order valence-electron chi connectivity index (χ3n) is 3.76. The maximum Gasteiger partial charge on any atom is 0.255 e.